The van der Waals surface area contributed by atoms with E-state index >= 15 is 0 Å². The first-order valence-corrected chi connectivity index (χ1v) is 5.04. The van der Waals surface area contributed by atoms with Crippen LogP contribution in [0.25, 0.3) is 0 Å². The van der Waals surface area contributed by atoms with E-state index in [2.05, 4.69) is 0 Å². The van der Waals surface area contributed by atoms with Gasteiger partial charge >= 0.3 is 6.18 Å². The molecule has 17 heavy (non-hydrogen) atoms. The second kappa shape index (κ2) is 6.33. The average molecular weight is 289 g/mol. The number of hydrogen-bond donors (Lipinski definition) is 2. The Morgan fingerprint density at radius 3 is 2.41 bits per heavy atom. The summed E-state index contributed by atoms with van der Waals surface area (Å²) >= 11 is 5.72. The molecule has 0 saturated heterocycles. The Hall–Kier alpha value is -0.650. The summed E-state index contributed by atoms with van der Waals surface area (Å²) in [5, 5.41) is 0.409. The Morgan fingerprint density at radius 2 is 1.88 bits per heavy atom. The minimum atomic E-state index is -4.20. The molecule has 1 aromatic rings. The lowest BCUT2D eigenvalue weighted by molar-refractivity contribution is -0.136. The molecule has 4 N–H and O–H groups in total. The Morgan fingerprint density at radius 1 is 1.29 bits per heavy atom. The lowest BCUT2D eigenvalue weighted by Crippen LogP contribution is -2.17. The molecule has 98 valence electrons. The normalized spacial score (nSPS) is 13.0. The van der Waals surface area contributed by atoms with Crippen LogP contribution in [0, 0.1) is 0 Å². The van der Waals surface area contributed by atoms with Crippen LogP contribution >= 0.6 is 24.0 Å². The van der Waals surface area contributed by atoms with Crippen LogP contribution in [0.3, 0.4) is 0 Å². The Balaban J connectivity index is 0.00000256. The van der Waals surface area contributed by atoms with Gasteiger partial charge in [-0.05, 0) is 30.2 Å². The molecule has 0 radical (unpaired) electrons. The van der Waals surface area contributed by atoms with Crippen molar-refractivity contribution in [3.05, 3.63) is 28.8 Å². The van der Waals surface area contributed by atoms with Crippen LogP contribution in [0.5, 0.6) is 0 Å². The van der Waals surface area contributed by atoms with Crippen LogP contribution in [0.15, 0.2) is 18.2 Å². The van der Waals surface area contributed by atoms with Crippen molar-refractivity contribution in [3.63, 3.8) is 0 Å². The zero-order valence-corrected chi connectivity index (χ0v) is 10.4. The van der Waals surface area contributed by atoms with E-state index in [4.69, 9.17) is 23.1 Å². The maximum absolute atomic E-state index is 12.0. The first-order valence-electron chi connectivity index (χ1n) is 4.67. The smallest absolute Gasteiger partial charge is 0.389 e. The molecule has 0 heterocycles. The molecule has 0 fully saturated rings. The highest BCUT2D eigenvalue weighted by Gasteiger charge is 2.28. The fourth-order valence-electron chi connectivity index (χ4n) is 1.34. The number of nitrogens with two attached hydrogens (primary N) is 2. The maximum Gasteiger partial charge on any atom is 0.389 e. The first kappa shape index (κ1) is 16.4. The zero-order chi connectivity index (χ0) is 12.3. The van der Waals surface area contributed by atoms with Gasteiger partial charge < -0.3 is 11.5 Å². The fourth-order valence-corrected chi connectivity index (χ4v) is 1.52. The molecule has 0 saturated carbocycles. The molecular weight excluding hydrogens is 276 g/mol. The van der Waals surface area contributed by atoms with Gasteiger partial charge in [0.25, 0.3) is 0 Å². The quantitative estimate of drug-likeness (QED) is 0.834. The monoisotopic (exact) mass is 288 g/mol. The molecule has 0 bridgehead atoms. The van der Waals surface area contributed by atoms with Crippen LogP contribution in [0.2, 0.25) is 5.02 Å². The summed E-state index contributed by atoms with van der Waals surface area (Å²) in [4.78, 5) is 0. The summed E-state index contributed by atoms with van der Waals surface area (Å²) in [7, 11) is 0. The average Bonchev–Trinajstić information content (AvgIpc) is 2.17. The standard InChI is InChI=1S/C10H12ClF3N2.ClH/c11-6-1-2-8(15)7(5-6)9(16)3-4-10(12,13)14;/h1-2,5,9H,3-4,15-16H2;1H/t9-;/m1./s1. The molecule has 7 heteroatoms. The molecule has 0 aliphatic carbocycles. The molecule has 0 unspecified atom stereocenters. The van der Waals surface area contributed by atoms with E-state index < -0.39 is 18.6 Å². The van der Waals surface area contributed by atoms with Gasteiger partial charge in [0.1, 0.15) is 0 Å². The minimum Gasteiger partial charge on any atom is -0.398 e. The second-order valence-electron chi connectivity index (χ2n) is 3.53. The Kier molecular flexibility index (Phi) is 6.09. The van der Waals surface area contributed by atoms with Gasteiger partial charge in [-0.3, -0.25) is 0 Å². The summed E-state index contributed by atoms with van der Waals surface area (Å²) in [5.74, 6) is 0. The molecule has 0 spiro atoms. The van der Waals surface area contributed by atoms with Gasteiger partial charge in [-0.1, -0.05) is 11.6 Å². The van der Waals surface area contributed by atoms with Crippen LogP contribution in [0.1, 0.15) is 24.4 Å². The van der Waals surface area contributed by atoms with Crippen molar-refractivity contribution in [3.8, 4) is 0 Å². The number of anilines is 1. The van der Waals surface area contributed by atoms with E-state index in [1.54, 1.807) is 6.07 Å². The van der Waals surface area contributed by atoms with E-state index in [1.807, 2.05) is 0 Å². The summed E-state index contributed by atoms with van der Waals surface area (Å²) < 4.78 is 36.0. The van der Waals surface area contributed by atoms with E-state index in [0.717, 1.165) is 0 Å². The lowest BCUT2D eigenvalue weighted by atomic mass is 10.0. The number of halogens is 5. The van der Waals surface area contributed by atoms with Crippen LogP contribution in [-0.4, -0.2) is 6.18 Å². The summed E-state index contributed by atoms with van der Waals surface area (Å²) in [6.45, 7) is 0. The molecule has 1 atom stereocenters. The van der Waals surface area contributed by atoms with Gasteiger partial charge in [-0.2, -0.15) is 13.2 Å². The summed E-state index contributed by atoms with van der Waals surface area (Å²) in [5.41, 5.74) is 12.1. The molecule has 0 aromatic heterocycles. The predicted octanol–water partition coefficient (Wildman–Crippen LogP) is 3.69. The highest BCUT2D eigenvalue weighted by atomic mass is 35.5. The topological polar surface area (TPSA) is 52.0 Å². The van der Waals surface area contributed by atoms with E-state index in [9.17, 15) is 13.2 Å². The molecular formula is C10H13Cl2F3N2. The molecule has 0 aliphatic heterocycles. The van der Waals surface area contributed by atoms with Crippen molar-refractivity contribution in [2.75, 3.05) is 5.73 Å². The third kappa shape index (κ3) is 5.48. The van der Waals surface area contributed by atoms with Gasteiger partial charge in [0.15, 0.2) is 0 Å². The molecule has 1 aromatic carbocycles. The lowest BCUT2D eigenvalue weighted by Gasteiger charge is -2.15. The summed E-state index contributed by atoms with van der Waals surface area (Å²) in [6, 6.07) is 3.85. The number of nitrogen functional groups attached to an aromatic ring is 1. The fraction of sp³-hybridized carbons (Fsp3) is 0.400. The van der Waals surface area contributed by atoms with Crippen molar-refractivity contribution in [1.82, 2.24) is 0 Å². The van der Waals surface area contributed by atoms with Gasteiger partial charge in [0, 0.05) is 23.2 Å². The van der Waals surface area contributed by atoms with E-state index in [0.29, 0.717) is 16.3 Å². The van der Waals surface area contributed by atoms with Gasteiger partial charge in [0.2, 0.25) is 0 Å². The number of benzene rings is 1. The first-order chi connectivity index (χ1) is 7.29. The van der Waals surface area contributed by atoms with Crippen molar-refractivity contribution >= 4 is 29.7 Å². The Bertz CT molecular complexity index is 369. The minimum absolute atomic E-state index is 0. The van der Waals surface area contributed by atoms with Crippen molar-refractivity contribution < 1.29 is 13.2 Å². The number of hydrogen-bond acceptors (Lipinski definition) is 2. The van der Waals surface area contributed by atoms with Crippen molar-refractivity contribution in [2.24, 2.45) is 5.73 Å². The largest absolute Gasteiger partial charge is 0.398 e. The molecule has 2 nitrogen and oxygen atoms in total. The Labute approximate surface area is 109 Å². The second-order valence-corrected chi connectivity index (χ2v) is 3.97. The molecule has 0 aliphatic rings. The van der Waals surface area contributed by atoms with E-state index in [-0.39, 0.29) is 18.8 Å². The van der Waals surface area contributed by atoms with Crippen LogP contribution in [0.4, 0.5) is 18.9 Å². The van der Waals surface area contributed by atoms with Crippen LogP contribution in [-0.2, 0) is 0 Å². The van der Waals surface area contributed by atoms with E-state index in [1.165, 1.54) is 12.1 Å². The third-order valence-corrected chi connectivity index (χ3v) is 2.42. The van der Waals surface area contributed by atoms with Crippen molar-refractivity contribution in [1.29, 1.82) is 0 Å². The van der Waals surface area contributed by atoms with Crippen LogP contribution < -0.4 is 11.5 Å². The predicted molar refractivity (Wildman–Crippen MR) is 65.3 cm³/mol. The molecule has 0 amide bonds. The number of rotatable bonds is 3. The van der Waals surface area contributed by atoms with Gasteiger partial charge in [0.05, 0.1) is 0 Å². The van der Waals surface area contributed by atoms with Gasteiger partial charge in [-0.25, -0.2) is 0 Å². The highest BCUT2D eigenvalue weighted by molar-refractivity contribution is 6.30. The SMILES string of the molecule is Cl.Nc1ccc(Cl)cc1[C@H](N)CCC(F)(F)F. The summed E-state index contributed by atoms with van der Waals surface area (Å²) in [6.07, 6.45) is -5.33. The molecule has 1 rings (SSSR count). The van der Waals surface area contributed by atoms with Gasteiger partial charge in [-0.15, -0.1) is 12.4 Å². The highest BCUT2D eigenvalue weighted by Crippen LogP contribution is 2.29. The number of alkyl halides is 3. The van der Waals surface area contributed by atoms with Crippen molar-refractivity contribution in [2.45, 2.75) is 25.1 Å². The maximum atomic E-state index is 12.0. The third-order valence-electron chi connectivity index (χ3n) is 2.19. The zero-order valence-electron chi connectivity index (χ0n) is 8.80.